The van der Waals surface area contributed by atoms with Crippen LogP contribution < -0.4 is 9.80 Å². The normalized spacial score (nSPS) is 10.5. The van der Waals surface area contributed by atoms with Crippen LogP contribution in [0.4, 0.5) is 20.2 Å². The molecule has 0 bridgehead atoms. The van der Waals surface area contributed by atoms with Crippen molar-refractivity contribution in [1.82, 2.24) is 9.97 Å². The summed E-state index contributed by atoms with van der Waals surface area (Å²) in [6.45, 7) is 0. The van der Waals surface area contributed by atoms with E-state index in [1.807, 2.05) is 38.0 Å². The van der Waals surface area contributed by atoms with Gasteiger partial charge in [-0.3, -0.25) is 9.97 Å². The summed E-state index contributed by atoms with van der Waals surface area (Å²) < 4.78 is 29.8. The molecule has 142 valence electrons. The molecule has 3 aromatic rings. The lowest BCUT2D eigenvalue weighted by molar-refractivity contribution is 0.581. The van der Waals surface area contributed by atoms with Crippen LogP contribution in [0.25, 0.3) is 22.5 Å². The van der Waals surface area contributed by atoms with Crippen LogP contribution in [-0.2, 0) is 0 Å². The number of pyridine rings is 2. The molecular formula is C21H19F2N5. The van der Waals surface area contributed by atoms with Gasteiger partial charge in [0.2, 0.25) is 0 Å². The van der Waals surface area contributed by atoms with Crippen molar-refractivity contribution in [1.29, 1.82) is 5.26 Å². The summed E-state index contributed by atoms with van der Waals surface area (Å²) in [5, 5.41) is 9.34. The third-order valence-electron chi connectivity index (χ3n) is 4.38. The van der Waals surface area contributed by atoms with Gasteiger partial charge in [-0.25, -0.2) is 8.78 Å². The molecule has 28 heavy (non-hydrogen) atoms. The Bertz CT molecular complexity index is 995. The molecule has 0 N–H and O–H groups in total. The van der Waals surface area contributed by atoms with Gasteiger partial charge in [0.25, 0.3) is 0 Å². The first-order valence-corrected chi connectivity index (χ1v) is 8.53. The molecule has 0 aliphatic heterocycles. The summed E-state index contributed by atoms with van der Waals surface area (Å²) in [5.41, 5.74) is 1.68. The summed E-state index contributed by atoms with van der Waals surface area (Å²) in [7, 11) is 7.40. The molecular weight excluding hydrogens is 360 g/mol. The van der Waals surface area contributed by atoms with Crippen LogP contribution in [0, 0.1) is 23.0 Å². The lowest BCUT2D eigenvalue weighted by Gasteiger charge is -2.16. The van der Waals surface area contributed by atoms with Crippen LogP contribution in [0.5, 0.6) is 0 Å². The van der Waals surface area contributed by atoms with Crippen molar-refractivity contribution >= 4 is 11.4 Å². The van der Waals surface area contributed by atoms with Crippen molar-refractivity contribution in [3.8, 4) is 28.6 Å². The van der Waals surface area contributed by atoms with Gasteiger partial charge >= 0.3 is 0 Å². The lowest BCUT2D eigenvalue weighted by atomic mass is 9.99. The van der Waals surface area contributed by atoms with Crippen molar-refractivity contribution in [2.24, 2.45) is 0 Å². The summed E-state index contributed by atoms with van der Waals surface area (Å²) >= 11 is 0. The van der Waals surface area contributed by atoms with Gasteiger partial charge in [0.1, 0.15) is 11.6 Å². The van der Waals surface area contributed by atoms with E-state index in [1.54, 1.807) is 42.7 Å². The number of aromatic nitrogens is 2. The fraction of sp³-hybridized carbons (Fsp3) is 0.190. The van der Waals surface area contributed by atoms with Gasteiger partial charge in [0.05, 0.1) is 11.4 Å². The Morgan fingerprint density at radius 2 is 1.21 bits per heavy atom. The quantitative estimate of drug-likeness (QED) is 0.683. The highest BCUT2D eigenvalue weighted by molar-refractivity contribution is 5.76. The summed E-state index contributed by atoms with van der Waals surface area (Å²) in [6.07, 6.45) is 3.09. The second-order valence-corrected chi connectivity index (χ2v) is 6.67. The highest BCUT2D eigenvalue weighted by Gasteiger charge is 2.22. The maximum atomic E-state index is 14.9. The fourth-order valence-electron chi connectivity index (χ4n) is 2.80. The van der Waals surface area contributed by atoms with Gasteiger partial charge in [0.15, 0.2) is 11.6 Å². The average molecular weight is 379 g/mol. The average Bonchev–Trinajstić information content (AvgIpc) is 2.68. The van der Waals surface area contributed by atoms with Crippen molar-refractivity contribution < 1.29 is 8.78 Å². The van der Waals surface area contributed by atoms with E-state index in [4.69, 9.17) is 0 Å². The van der Waals surface area contributed by atoms with E-state index in [9.17, 15) is 14.0 Å². The Morgan fingerprint density at radius 1 is 0.786 bits per heavy atom. The molecule has 3 rings (SSSR count). The zero-order chi connectivity index (χ0) is 20.4. The molecule has 0 saturated carbocycles. The largest absolute Gasteiger partial charge is 0.378 e. The predicted octanol–water partition coefficient (Wildman–Crippen LogP) is 4.09. The van der Waals surface area contributed by atoms with Crippen LogP contribution >= 0.6 is 0 Å². The minimum absolute atomic E-state index is 0.0497. The predicted molar refractivity (Wildman–Crippen MR) is 106 cm³/mol. The van der Waals surface area contributed by atoms with Crippen LogP contribution in [-0.4, -0.2) is 38.2 Å². The van der Waals surface area contributed by atoms with E-state index in [1.165, 1.54) is 6.07 Å². The molecule has 7 heteroatoms. The molecule has 0 saturated heterocycles. The number of anilines is 2. The van der Waals surface area contributed by atoms with Crippen molar-refractivity contribution in [3.05, 3.63) is 59.9 Å². The molecule has 0 spiro atoms. The molecule has 0 fully saturated rings. The summed E-state index contributed by atoms with van der Waals surface area (Å²) in [4.78, 5) is 12.1. The Kier molecular flexibility index (Phi) is 5.23. The molecule has 0 aliphatic carbocycles. The SMILES string of the molecule is CN(C)c1ccnc(-c2cc(-c3cc(N(C)C)ccn3)c(F)c(C#N)c2F)c1. The van der Waals surface area contributed by atoms with Gasteiger partial charge < -0.3 is 9.80 Å². The van der Waals surface area contributed by atoms with Crippen LogP contribution in [0.1, 0.15) is 5.56 Å². The molecule has 0 unspecified atom stereocenters. The topological polar surface area (TPSA) is 56.1 Å². The number of hydrogen-bond donors (Lipinski definition) is 0. The molecule has 5 nitrogen and oxygen atoms in total. The minimum atomic E-state index is -0.934. The molecule has 0 radical (unpaired) electrons. The summed E-state index contributed by atoms with van der Waals surface area (Å²) in [5.74, 6) is -1.87. The molecule has 2 heterocycles. The van der Waals surface area contributed by atoms with Crippen LogP contribution in [0.15, 0.2) is 42.7 Å². The number of benzene rings is 1. The first-order chi connectivity index (χ1) is 13.3. The fourth-order valence-corrected chi connectivity index (χ4v) is 2.80. The third kappa shape index (κ3) is 3.49. The Morgan fingerprint density at radius 3 is 1.57 bits per heavy atom. The highest BCUT2D eigenvalue weighted by atomic mass is 19.1. The van der Waals surface area contributed by atoms with Crippen molar-refractivity contribution in [2.75, 3.05) is 38.0 Å². The van der Waals surface area contributed by atoms with E-state index in [0.717, 1.165) is 11.4 Å². The van der Waals surface area contributed by atoms with Gasteiger partial charge in [-0.2, -0.15) is 5.26 Å². The maximum absolute atomic E-state index is 14.9. The number of nitriles is 1. The van der Waals surface area contributed by atoms with Crippen molar-refractivity contribution in [2.45, 2.75) is 0 Å². The van der Waals surface area contributed by atoms with E-state index >= 15 is 0 Å². The Labute approximate surface area is 162 Å². The zero-order valence-electron chi connectivity index (χ0n) is 16.0. The monoisotopic (exact) mass is 379 g/mol. The van der Waals surface area contributed by atoms with E-state index in [0.29, 0.717) is 11.4 Å². The number of nitrogens with zero attached hydrogens (tertiary/aromatic N) is 5. The Balaban J connectivity index is 2.27. The number of rotatable bonds is 4. The third-order valence-corrected chi connectivity index (χ3v) is 4.38. The van der Waals surface area contributed by atoms with E-state index in [2.05, 4.69) is 9.97 Å². The standard InChI is InChI=1S/C21H19F2N5/c1-27(2)13-5-7-25-18(9-13)15-11-16(21(23)17(12-24)20(15)22)19-10-14(28(3)4)6-8-26-19/h5-11H,1-4H3. The minimum Gasteiger partial charge on any atom is -0.378 e. The van der Waals surface area contributed by atoms with Crippen molar-refractivity contribution in [3.63, 3.8) is 0 Å². The van der Waals surface area contributed by atoms with Gasteiger partial charge in [0, 0.05) is 63.1 Å². The number of halogens is 2. The van der Waals surface area contributed by atoms with Gasteiger partial charge in [-0.05, 0) is 30.3 Å². The molecule has 0 aliphatic rings. The highest BCUT2D eigenvalue weighted by Crippen LogP contribution is 2.34. The second kappa shape index (κ2) is 7.61. The first kappa shape index (κ1) is 19.2. The molecule has 1 aromatic carbocycles. The second-order valence-electron chi connectivity index (χ2n) is 6.67. The van der Waals surface area contributed by atoms with E-state index < -0.39 is 17.2 Å². The maximum Gasteiger partial charge on any atom is 0.153 e. The smallest absolute Gasteiger partial charge is 0.153 e. The zero-order valence-corrected chi connectivity index (χ0v) is 16.0. The van der Waals surface area contributed by atoms with E-state index in [-0.39, 0.29) is 11.1 Å². The van der Waals surface area contributed by atoms with Crippen LogP contribution in [0.2, 0.25) is 0 Å². The molecule has 2 aromatic heterocycles. The number of hydrogen-bond acceptors (Lipinski definition) is 5. The lowest BCUT2D eigenvalue weighted by Crippen LogP contribution is -2.09. The van der Waals surface area contributed by atoms with Gasteiger partial charge in [-0.1, -0.05) is 0 Å². The Hall–Kier alpha value is -3.53. The van der Waals surface area contributed by atoms with Crippen LogP contribution in [0.3, 0.4) is 0 Å². The molecule has 0 amide bonds. The first-order valence-electron chi connectivity index (χ1n) is 8.53. The molecule has 0 atom stereocenters. The summed E-state index contributed by atoms with van der Waals surface area (Å²) in [6, 6.07) is 9.91. The van der Waals surface area contributed by atoms with Gasteiger partial charge in [-0.15, -0.1) is 0 Å².